The molecule has 2 amide bonds. The summed E-state index contributed by atoms with van der Waals surface area (Å²) < 4.78 is 0. The summed E-state index contributed by atoms with van der Waals surface area (Å²) in [5.41, 5.74) is 5.62. The number of carbonyl (C=O) groups is 2. The molecule has 0 aromatic heterocycles. The van der Waals surface area contributed by atoms with E-state index in [1.54, 1.807) is 0 Å². The number of imide groups is 1. The third kappa shape index (κ3) is 2.26. The molecule has 13 heavy (non-hydrogen) atoms. The van der Waals surface area contributed by atoms with Crippen molar-refractivity contribution >= 4 is 11.8 Å². The molecule has 5 heteroatoms. The summed E-state index contributed by atoms with van der Waals surface area (Å²) in [5, 5.41) is 8.55. The van der Waals surface area contributed by atoms with Crippen molar-refractivity contribution in [2.45, 2.75) is 31.8 Å². The van der Waals surface area contributed by atoms with E-state index < -0.39 is 6.17 Å². The molecule has 0 aromatic rings. The predicted octanol–water partition coefficient (Wildman–Crippen LogP) is -0.807. The monoisotopic (exact) mass is 186 g/mol. The first-order valence-corrected chi connectivity index (χ1v) is 4.38. The van der Waals surface area contributed by atoms with Gasteiger partial charge in [-0.15, -0.1) is 0 Å². The fourth-order valence-corrected chi connectivity index (χ4v) is 1.39. The lowest BCUT2D eigenvalue weighted by Crippen LogP contribution is -2.45. The molecule has 74 valence electrons. The summed E-state index contributed by atoms with van der Waals surface area (Å²) in [6.45, 7) is 0.0317. The van der Waals surface area contributed by atoms with E-state index in [1.807, 2.05) is 0 Å². The smallest absolute Gasteiger partial charge is 0.231 e. The van der Waals surface area contributed by atoms with E-state index in [9.17, 15) is 9.59 Å². The highest BCUT2D eigenvalue weighted by atomic mass is 16.3. The van der Waals surface area contributed by atoms with Crippen molar-refractivity contribution in [3.05, 3.63) is 0 Å². The van der Waals surface area contributed by atoms with Crippen LogP contribution >= 0.6 is 0 Å². The maximum Gasteiger partial charge on any atom is 0.231 e. The largest absolute Gasteiger partial charge is 0.396 e. The number of nitrogens with two attached hydrogens (primary N) is 1. The van der Waals surface area contributed by atoms with Crippen LogP contribution in [0.1, 0.15) is 25.7 Å². The highest BCUT2D eigenvalue weighted by Gasteiger charge is 2.32. The Labute approximate surface area is 76.5 Å². The maximum atomic E-state index is 11.2. The van der Waals surface area contributed by atoms with Gasteiger partial charge in [-0.3, -0.25) is 14.5 Å². The van der Waals surface area contributed by atoms with Gasteiger partial charge in [-0.2, -0.15) is 0 Å². The first kappa shape index (κ1) is 10.1. The molecule has 0 bridgehead atoms. The van der Waals surface area contributed by atoms with E-state index in [0.29, 0.717) is 12.8 Å². The topological polar surface area (TPSA) is 83.6 Å². The second-order valence-electron chi connectivity index (χ2n) is 3.09. The average Bonchev–Trinajstić information content (AvgIpc) is 2.42. The van der Waals surface area contributed by atoms with Crippen molar-refractivity contribution in [3.8, 4) is 0 Å². The summed E-state index contributed by atoms with van der Waals surface area (Å²) in [6, 6.07) is 0. The van der Waals surface area contributed by atoms with Crippen LogP contribution < -0.4 is 5.73 Å². The molecule has 1 rings (SSSR count). The molecule has 1 fully saturated rings. The molecule has 1 aliphatic heterocycles. The lowest BCUT2D eigenvalue weighted by molar-refractivity contribution is -0.141. The van der Waals surface area contributed by atoms with Crippen molar-refractivity contribution in [2.75, 3.05) is 6.61 Å². The Hall–Kier alpha value is -0.940. The Balaban J connectivity index is 2.49. The Morgan fingerprint density at radius 2 is 1.92 bits per heavy atom. The van der Waals surface area contributed by atoms with Gasteiger partial charge >= 0.3 is 0 Å². The van der Waals surface area contributed by atoms with Crippen molar-refractivity contribution in [3.63, 3.8) is 0 Å². The van der Waals surface area contributed by atoms with Crippen LogP contribution in [-0.4, -0.2) is 34.6 Å². The lowest BCUT2D eigenvalue weighted by atomic mass is 10.2. The third-order valence-corrected chi connectivity index (χ3v) is 2.08. The maximum absolute atomic E-state index is 11.2. The lowest BCUT2D eigenvalue weighted by Gasteiger charge is -2.21. The SMILES string of the molecule is NC(CCCO)N1C(=O)CCC1=O. The van der Waals surface area contributed by atoms with Crippen LogP contribution in [0, 0.1) is 0 Å². The number of hydrogen-bond acceptors (Lipinski definition) is 4. The predicted molar refractivity (Wildman–Crippen MR) is 45.4 cm³/mol. The van der Waals surface area contributed by atoms with E-state index in [1.165, 1.54) is 0 Å². The van der Waals surface area contributed by atoms with Crippen molar-refractivity contribution < 1.29 is 14.7 Å². The van der Waals surface area contributed by atoms with Gasteiger partial charge in [-0.25, -0.2) is 0 Å². The summed E-state index contributed by atoms with van der Waals surface area (Å²) in [7, 11) is 0. The average molecular weight is 186 g/mol. The standard InChI is InChI=1S/C8H14N2O3/c9-6(2-1-5-11)10-7(12)3-4-8(10)13/h6,11H,1-5,9H2. The first-order chi connectivity index (χ1) is 6.16. The zero-order valence-corrected chi connectivity index (χ0v) is 7.40. The second kappa shape index (κ2) is 4.34. The molecule has 0 saturated carbocycles. The number of aliphatic hydroxyl groups excluding tert-OH is 1. The van der Waals surface area contributed by atoms with Gasteiger partial charge < -0.3 is 10.8 Å². The molecule has 0 aromatic carbocycles. The van der Waals surface area contributed by atoms with Crippen LogP contribution in [0.5, 0.6) is 0 Å². The van der Waals surface area contributed by atoms with Crippen molar-refractivity contribution in [2.24, 2.45) is 5.73 Å². The number of likely N-dealkylation sites (tertiary alicyclic amines) is 1. The second-order valence-corrected chi connectivity index (χ2v) is 3.09. The van der Waals surface area contributed by atoms with Crippen molar-refractivity contribution in [1.82, 2.24) is 4.90 Å². The number of carbonyl (C=O) groups excluding carboxylic acids is 2. The minimum atomic E-state index is -0.561. The van der Waals surface area contributed by atoms with Gasteiger partial charge in [0.25, 0.3) is 0 Å². The summed E-state index contributed by atoms with van der Waals surface area (Å²) in [5.74, 6) is -0.397. The van der Waals surface area contributed by atoms with Crippen LogP contribution in [0.25, 0.3) is 0 Å². The van der Waals surface area contributed by atoms with Gasteiger partial charge in [-0.05, 0) is 12.8 Å². The van der Waals surface area contributed by atoms with E-state index >= 15 is 0 Å². The van der Waals surface area contributed by atoms with E-state index in [0.717, 1.165) is 4.90 Å². The van der Waals surface area contributed by atoms with Gasteiger partial charge in [0, 0.05) is 19.4 Å². The molecule has 0 aliphatic carbocycles. The minimum Gasteiger partial charge on any atom is -0.396 e. The van der Waals surface area contributed by atoms with Crippen LogP contribution in [0.2, 0.25) is 0 Å². The van der Waals surface area contributed by atoms with Gasteiger partial charge in [0.1, 0.15) is 0 Å². The summed E-state index contributed by atoms with van der Waals surface area (Å²) in [6.07, 6.45) is 0.957. The molecular formula is C8H14N2O3. The number of rotatable bonds is 4. The van der Waals surface area contributed by atoms with E-state index in [-0.39, 0.29) is 31.3 Å². The first-order valence-electron chi connectivity index (χ1n) is 4.38. The highest BCUT2D eigenvalue weighted by Crippen LogP contribution is 2.15. The molecule has 1 heterocycles. The fourth-order valence-electron chi connectivity index (χ4n) is 1.39. The summed E-state index contributed by atoms with van der Waals surface area (Å²) >= 11 is 0. The normalized spacial score (nSPS) is 19.7. The quantitative estimate of drug-likeness (QED) is 0.562. The molecule has 3 N–H and O–H groups in total. The van der Waals surface area contributed by atoms with Crippen LogP contribution in [0.4, 0.5) is 0 Å². The molecule has 1 unspecified atom stereocenters. The van der Waals surface area contributed by atoms with Crippen molar-refractivity contribution in [1.29, 1.82) is 0 Å². The molecular weight excluding hydrogens is 172 g/mol. The number of amides is 2. The van der Waals surface area contributed by atoms with Crippen LogP contribution in [0.3, 0.4) is 0 Å². The molecule has 0 radical (unpaired) electrons. The zero-order chi connectivity index (χ0) is 9.84. The number of aliphatic hydroxyl groups is 1. The van der Waals surface area contributed by atoms with Gasteiger partial charge in [0.15, 0.2) is 0 Å². The van der Waals surface area contributed by atoms with Gasteiger partial charge in [-0.1, -0.05) is 0 Å². The van der Waals surface area contributed by atoms with E-state index in [4.69, 9.17) is 10.8 Å². The van der Waals surface area contributed by atoms with Crippen LogP contribution in [0.15, 0.2) is 0 Å². The molecule has 1 aliphatic rings. The fraction of sp³-hybridized carbons (Fsp3) is 0.750. The number of hydrogen-bond donors (Lipinski definition) is 2. The van der Waals surface area contributed by atoms with Crippen LogP contribution in [-0.2, 0) is 9.59 Å². The molecule has 1 saturated heterocycles. The Morgan fingerprint density at radius 1 is 1.38 bits per heavy atom. The molecule has 5 nitrogen and oxygen atoms in total. The van der Waals surface area contributed by atoms with Gasteiger partial charge in [0.05, 0.1) is 6.17 Å². The zero-order valence-electron chi connectivity index (χ0n) is 7.40. The van der Waals surface area contributed by atoms with E-state index in [2.05, 4.69) is 0 Å². The summed E-state index contributed by atoms with van der Waals surface area (Å²) in [4.78, 5) is 23.4. The third-order valence-electron chi connectivity index (χ3n) is 2.08. The molecule has 1 atom stereocenters. The molecule has 0 spiro atoms. The minimum absolute atomic E-state index is 0.0317. The Morgan fingerprint density at radius 3 is 2.38 bits per heavy atom. The number of nitrogens with zero attached hydrogens (tertiary/aromatic N) is 1. The van der Waals surface area contributed by atoms with Gasteiger partial charge in [0.2, 0.25) is 11.8 Å². The Bertz CT molecular complexity index is 201. The highest BCUT2D eigenvalue weighted by molar-refractivity contribution is 6.02. The Kier molecular flexibility index (Phi) is 3.39.